The summed E-state index contributed by atoms with van der Waals surface area (Å²) in [6, 6.07) is 8.85. The first kappa shape index (κ1) is 18.7. The van der Waals surface area contributed by atoms with Crippen molar-refractivity contribution in [2.75, 3.05) is 0 Å². The Bertz CT molecular complexity index is 596. The lowest BCUT2D eigenvalue weighted by molar-refractivity contribution is 0.450. The summed E-state index contributed by atoms with van der Waals surface area (Å²) in [6.07, 6.45) is 12.0. The van der Waals surface area contributed by atoms with Crippen molar-refractivity contribution in [3.63, 3.8) is 0 Å². The number of nitrogens with two attached hydrogens (primary N) is 1. The van der Waals surface area contributed by atoms with Crippen molar-refractivity contribution in [2.45, 2.75) is 77.7 Å². The van der Waals surface area contributed by atoms with E-state index in [2.05, 4.69) is 48.1 Å². The third-order valence-corrected chi connectivity index (χ3v) is 4.94. The van der Waals surface area contributed by atoms with Gasteiger partial charge in [-0.3, -0.25) is 0 Å². The van der Waals surface area contributed by atoms with Gasteiger partial charge in [-0.2, -0.15) is 0 Å². The lowest BCUT2D eigenvalue weighted by Crippen LogP contribution is -2.33. The molecule has 0 saturated carbocycles. The van der Waals surface area contributed by atoms with Crippen molar-refractivity contribution in [1.29, 1.82) is 0 Å². The molecule has 1 aromatic carbocycles. The minimum absolute atomic E-state index is 0.393. The Kier molecular flexibility index (Phi) is 7.04. The SMILES string of the molecule is CCCCCCCCc1ccc(-c2cnc(C(C)(N)CC)[nH]2)cc1. The number of nitrogens with one attached hydrogen (secondary N) is 1. The number of rotatable bonds is 10. The van der Waals surface area contributed by atoms with Crippen molar-refractivity contribution in [2.24, 2.45) is 5.73 Å². The molecule has 0 amide bonds. The lowest BCUT2D eigenvalue weighted by atomic mass is 10.00. The summed E-state index contributed by atoms with van der Waals surface area (Å²) < 4.78 is 0. The number of unbranched alkanes of at least 4 members (excludes halogenated alkanes) is 5. The van der Waals surface area contributed by atoms with Gasteiger partial charge in [0.1, 0.15) is 5.82 Å². The number of hydrogen-bond donors (Lipinski definition) is 2. The molecule has 3 nitrogen and oxygen atoms in total. The van der Waals surface area contributed by atoms with Gasteiger partial charge >= 0.3 is 0 Å². The van der Waals surface area contributed by atoms with E-state index in [-0.39, 0.29) is 0 Å². The molecule has 2 rings (SSSR count). The van der Waals surface area contributed by atoms with Crippen LogP contribution in [0.25, 0.3) is 11.3 Å². The van der Waals surface area contributed by atoms with E-state index in [0.29, 0.717) is 0 Å². The molecule has 0 aliphatic rings. The Hall–Kier alpha value is -1.61. The molecule has 3 N–H and O–H groups in total. The van der Waals surface area contributed by atoms with Crippen molar-refractivity contribution >= 4 is 0 Å². The summed E-state index contributed by atoms with van der Waals surface area (Å²) in [5, 5.41) is 0. The Labute approximate surface area is 147 Å². The maximum absolute atomic E-state index is 6.26. The Morgan fingerprint density at radius 2 is 1.67 bits per heavy atom. The van der Waals surface area contributed by atoms with E-state index < -0.39 is 5.54 Å². The zero-order chi connectivity index (χ0) is 17.4. The molecule has 1 unspecified atom stereocenters. The van der Waals surface area contributed by atoms with Crippen LogP contribution in [0.5, 0.6) is 0 Å². The predicted octanol–water partition coefficient (Wildman–Crippen LogP) is 5.56. The minimum atomic E-state index is -0.393. The van der Waals surface area contributed by atoms with Crippen LogP contribution in [-0.2, 0) is 12.0 Å². The number of hydrogen-bond acceptors (Lipinski definition) is 2. The number of H-pyrrole nitrogens is 1. The van der Waals surface area contributed by atoms with E-state index in [1.807, 2.05) is 13.1 Å². The normalized spacial score (nSPS) is 13.8. The second-order valence-electron chi connectivity index (χ2n) is 7.13. The molecule has 0 saturated heterocycles. The number of aromatic amines is 1. The van der Waals surface area contributed by atoms with Gasteiger partial charge in [0.15, 0.2) is 0 Å². The Balaban J connectivity index is 1.88. The van der Waals surface area contributed by atoms with Crippen molar-refractivity contribution in [3.8, 4) is 11.3 Å². The smallest absolute Gasteiger partial charge is 0.126 e. The maximum Gasteiger partial charge on any atom is 0.126 e. The number of aromatic nitrogens is 2. The molecule has 0 spiro atoms. The van der Waals surface area contributed by atoms with E-state index in [1.54, 1.807) is 0 Å². The number of aryl methyl sites for hydroxylation is 1. The van der Waals surface area contributed by atoms with E-state index in [4.69, 9.17) is 5.73 Å². The second-order valence-corrected chi connectivity index (χ2v) is 7.13. The summed E-state index contributed by atoms with van der Waals surface area (Å²) in [4.78, 5) is 7.84. The molecule has 0 aliphatic carbocycles. The molecule has 1 aromatic heterocycles. The van der Waals surface area contributed by atoms with Crippen LogP contribution in [0.4, 0.5) is 0 Å². The molecule has 1 atom stereocenters. The summed E-state index contributed by atoms with van der Waals surface area (Å²) in [7, 11) is 0. The Morgan fingerprint density at radius 3 is 2.33 bits per heavy atom. The van der Waals surface area contributed by atoms with Crippen LogP contribution < -0.4 is 5.73 Å². The van der Waals surface area contributed by atoms with E-state index in [9.17, 15) is 0 Å². The second kappa shape index (κ2) is 9.03. The number of benzene rings is 1. The van der Waals surface area contributed by atoms with Crippen LogP contribution in [0.15, 0.2) is 30.5 Å². The van der Waals surface area contributed by atoms with Gasteiger partial charge in [-0.25, -0.2) is 4.98 Å². The first-order valence-corrected chi connectivity index (χ1v) is 9.50. The maximum atomic E-state index is 6.26. The average molecular weight is 328 g/mol. The number of nitrogens with zero attached hydrogens (tertiary/aromatic N) is 1. The van der Waals surface area contributed by atoms with Crippen molar-refractivity contribution < 1.29 is 0 Å². The largest absolute Gasteiger partial charge is 0.340 e. The summed E-state index contributed by atoms with van der Waals surface area (Å²) in [6.45, 7) is 6.36. The predicted molar refractivity (Wildman–Crippen MR) is 103 cm³/mol. The fraction of sp³-hybridized carbons (Fsp3) is 0.571. The summed E-state index contributed by atoms with van der Waals surface area (Å²) >= 11 is 0. The van der Waals surface area contributed by atoms with Gasteiger partial charge in [0, 0.05) is 0 Å². The van der Waals surface area contributed by atoms with E-state index in [1.165, 1.54) is 56.1 Å². The highest BCUT2D eigenvalue weighted by atomic mass is 15.0. The summed E-state index contributed by atoms with van der Waals surface area (Å²) in [5.41, 5.74) is 9.50. The quantitative estimate of drug-likeness (QED) is 0.561. The molecule has 0 fully saturated rings. The molecule has 24 heavy (non-hydrogen) atoms. The third kappa shape index (κ3) is 5.20. The highest BCUT2D eigenvalue weighted by Crippen LogP contribution is 2.23. The summed E-state index contributed by atoms with van der Waals surface area (Å²) in [5.74, 6) is 0.858. The minimum Gasteiger partial charge on any atom is -0.340 e. The third-order valence-electron chi connectivity index (χ3n) is 4.94. The zero-order valence-corrected chi connectivity index (χ0v) is 15.6. The topological polar surface area (TPSA) is 54.7 Å². The number of imidazole rings is 1. The van der Waals surface area contributed by atoms with Gasteiger partial charge in [-0.05, 0) is 37.3 Å². The fourth-order valence-electron chi connectivity index (χ4n) is 2.89. The molecule has 3 heteroatoms. The Morgan fingerprint density at radius 1 is 1.00 bits per heavy atom. The van der Waals surface area contributed by atoms with E-state index >= 15 is 0 Å². The van der Waals surface area contributed by atoms with Crippen LogP contribution in [0.3, 0.4) is 0 Å². The van der Waals surface area contributed by atoms with Gasteiger partial charge in [0.2, 0.25) is 0 Å². The highest BCUT2D eigenvalue weighted by Gasteiger charge is 2.22. The van der Waals surface area contributed by atoms with Gasteiger partial charge < -0.3 is 10.7 Å². The average Bonchev–Trinajstić information content (AvgIpc) is 3.09. The van der Waals surface area contributed by atoms with Crippen molar-refractivity contribution in [3.05, 3.63) is 41.9 Å². The van der Waals surface area contributed by atoms with Crippen LogP contribution >= 0.6 is 0 Å². The van der Waals surface area contributed by atoms with Gasteiger partial charge in [-0.15, -0.1) is 0 Å². The van der Waals surface area contributed by atoms with Gasteiger partial charge in [-0.1, -0.05) is 70.2 Å². The molecular weight excluding hydrogens is 294 g/mol. The first-order chi connectivity index (χ1) is 11.6. The zero-order valence-electron chi connectivity index (χ0n) is 15.6. The highest BCUT2D eigenvalue weighted by molar-refractivity contribution is 5.59. The monoisotopic (exact) mass is 327 g/mol. The van der Waals surface area contributed by atoms with Crippen molar-refractivity contribution in [1.82, 2.24) is 9.97 Å². The molecule has 1 heterocycles. The van der Waals surface area contributed by atoms with Crippen LogP contribution in [0.2, 0.25) is 0 Å². The molecule has 132 valence electrons. The molecule has 0 aliphatic heterocycles. The molecule has 2 aromatic rings. The fourth-order valence-corrected chi connectivity index (χ4v) is 2.89. The molecular formula is C21H33N3. The molecule has 0 bridgehead atoms. The standard InChI is InChI=1S/C21H33N3/c1-4-6-7-8-9-10-11-17-12-14-18(15-13-17)19-16-23-20(24-19)21(3,22)5-2/h12-16H,4-11,22H2,1-3H3,(H,23,24). The van der Waals surface area contributed by atoms with Gasteiger partial charge in [0.25, 0.3) is 0 Å². The first-order valence-electron chi connectivity index (χ1n) is 9.50. The van der Waals surface area contributed by atoms with Crippen LogP contribution in [0.1, 0.15) is 77.1 Å². The van der Waals surface area contributed by atoms with Crippen LogP contribution in [0, 0.1) is 0 Å². The lowest BCUT2D eigenvalue weighted by Gasteiger charge is -2.19. The van der Waals surface area contributed by atoms with E-state index in [0.717, 1.165) is 17.9 Å². The molecule has 0 radical (unpaired) electrons. The van der Waals surface area contributed by atoms with Crippen LogP contribution in [-0.4, -0.2) is 9.97 Å². The van der Waals surface area contributed by atoms with Gasteiger partial charge in [0.05, 0.1) is 17.4 Å².